The second-order valence-corrected chi connectivity index (χ2v) is 2.78. The molecule has 0 fully saturated rings. The van der Waals surface area contributed by atoms with E-state index in [4.69, 9.17) is 0 Å². The van der Waals surface area contributed by atoms with Crippen LogP contribution in [0.1, 0.15) is 0 Å². The molecule has 4 heteroatoms. The summed E-state index contributed by atoms with van der Waals surface area (Å²) in [5.74, 6) is 0.182. The number of hydrogen-bond acceptors (Lipinski definition) is 1. The van der Waals surface area contributed by atoms with E-state index < -0.39 is 0 Å². The molecule has 0 radical (unpaired) electrons. The molecule has 2 nitrogen and oxygen atoms in total. The van der Waals surface area contributed by atoms with Crippen molar-refractivity contribution in [2.24, 2.45) is 0 Å². The normalized spacial score (nSPS) is 8.75. The lowest BCUT2D eigenvalue weighted by Crippen LogP contribution is -3.00. The first-order valence-corrected chi connectivity index (χ1v) is 4.47. The Bertz CT molecular complexity index is 238. The number of ketones is 1. The van der Waals surface area contributed by atoms with E-state index >= 15 is 0 Å². The molecule has 0 atom stereocenters. The highest BCUT2D eigenvalue weighted by atomic mass is 79.9. The minimum absolute atomic E-state index is 0. The van der Waals surface area contributed by atoms with Gasteiger partial charge in [-0.1, -0.05) is 22.0 Å². The Labute approximate surface area is 90.5 Å². The number of halogens is 2. The minimum Gasteiger partial charge on any atom is -1.00 e. The molecule has 0 amide bonds. The van der Waals surface area contributed by atoms with Crippen LogP contribution in [-0.2, 0) is 11.3 Å². The monoisotopic (exact) mass is 293 g/mol. The molecule has 1 rings (SSSR count). The lowest BCUT2D eigenvalue weighted by Gasteiger charge is -1.91. The lowest BCUT2D eigenvalue weighted by atomic mass is 10.4. The molecule has 0 spiro atoms. The Kier molecular flexibility index (Phi) is 6.20. The molecule has 0 aromatic carbocycles. The van der Waals surface area contributed by atoms with Crippen molar-refractivity contribution >= 4 is 21.7 Å². The van der Waals surface area contributed by atoms with Crippen molar-refractivity contribution in [1.29, 1.82) is 0 Å². The summed E-state index contributed by atoms with van der Waals surface area (Å²) in [5, 5.41) is 0.425. The quantitative estimate of drug-likeness (QED) is 0.464. The summed E-state index contributed by atoms with van der Waals surface area (Å²) in [6.07, 6.45) is 3.75. The van der Waals surface area contributed by atoms with Crippen LogP contribution in [0.5, 0.6) is 0 Å². The van der Waals surface area contributed by atoms with Gasteiger partial charge in [0.2, 0.25) is 12.3 Å². The van der Waals surface area contributed by atoms with Crippen LogP contribution in [-0.4, -0.2) is 11.1 Å². The second kappa shape index (κ2) is 6.31. The van der Waals surface area contributed by atoms with Gasteiger partial charge in [-0.15, -0.1) is 0 Å². The summed E-state index contributed by atoms with van der Waals surface area (Å²) in [7, 11) is 0. The molecule has 1 aromatic heterocycles. The number of hydrogen-bond donors (Lipinski definition) is 0. The van der Waals surface area contributed by atoms with Gasteiger partial charge < -0.3 is 17.0 Å². The Morgan fingerprint density at radius 2 is 1.83 bits per heavy atom. The van der Waals surface area contributed by atoms with E-state index in [1.807, 2.05) is 35.2 Å². The first kappa shape index (κ1) is 11.8. The van der Waals surface area contributed by atoms with Gasteiger partial charge >= 0.3 is 0 Å². The average molecular weight is 295 g/mol. The molecule has 0 saturated carbocycles. The summed E-state index contributed by atoms with van der Waals surface area (Å²) in [4.78, 5) is 10.9. The number of Topliss-reactive ketones (excluding diaryl/α,β-unsaturated/α-hetero) is 1. The van der Waals surface area contributed by atoms with E-state index in [1.54, 1.807) is 0 Å². The summed E-state index contributed by atoms with van der Waals surface area (Å²) in [5.41, 5.74) is 0. The third-order valence-corrected chi connectivity index (χ3v) is 1.91. The second-order valence-electron chi connectivity index (χ2n) is 2.22. The van der Waals surface area contributed by atoms with Crippen LogP contribution in [0, 0.1) is 0 Å². The Morgan fingerprint density at radius 1 is 1.25 bits per heavy atom. The predicted molar refractivity (Wildman–Crippen MR) is 45.4 cm³/mol. The molecule has 66 valence electrons. The van der Waals surface area contributed by atoms with Crippen molar-refractivity contribution in [2.75, 3.05) is 5.33 Å². The van der Waals surface area contributed by atoms with Crippen LogP contribution < -0.4 is 21.5 Å². The van der Waals surface area contributed by atoms with Gasteiger partial charge in [0, 0.05) is 12.1 Å². The van der Waals surface area contributed by atoms with E-state index in [0.717, 1.165) is 0 Å². The van der Waals surface area contributed by atoms with Crippen LogP contribution in [0.15, 0.2) is 30.6 Å². The summed E-state index contributed by atoms with van der Waals surface area (Å²) in [6.45, 7) is 0.450. The highest BCUT2D eigenvalue weighted by Crippen LogP contribution is 1.83. The Hall–Kier alpha value is -0.220. The molecule has 1 heterocycles. The van der Waals surface area contributed by atoms with Crippen molar-refractivity contribution in [3.8, 4) is 0 Å². The van der Waals surface area contributed by atoms with Crippen LogP contribution >= 0.6 is 15.9 Å². The third kappa shape index (κ3) is 3.97. The van der Waals surface area contributed by atoms with Crippen LogP contribution in [0.3, 0.4) is 0 Å². The van der Waals surface area contributed by atoms with Crippen LogP contribution in [0.25, 0.3) is 0 Å². The number of carbonyl (C=O) groups is 1. The predicted octanol–water partition coefficient (Wildman–Crippen LogP) is -2.06. The van der Waals surface area contributed by atoms with Gasteiger partial charge in [0.05, 0.1) is 5.33 Å². The van der Waals surface area contributed by atoms with Crippen LogP contribution in [0.2, 0.25) is 0 Å². The van der Waals surface area contributed by atoms with Gasteiger partial charge in [0.25, 0.3) is 0 Å². The highest BCUT2D eigenvalue weighted by molar-refractivity contribution is 9.09. The molecule has 0 saturated heterocycles. The standard InChI is InChI=1S/C8H9BrNO.BrH/c9-6-8(11)7-10-4-2-1-3-5-10;/h1-5H,6-7H2;1H/q+1;/p-1. The fourth-order valence-corrected chi connectivity index (χ4v) is 0.963. The maximum absolute atomic E-state index is 10.9. The topological polar surface area (TPSA) is 20.9 Å². The van der Waals surface area contributed by atoms with Gasteiger partial charge in [0.1, 0.15) is 0 Å². The van der Waals surface area contributed by atoms with E-state index in [9.17, 15) is 4.79 Å². The number of carbonyl (C=O) groups excluding carboxylic acids is 1. The number of pyridine rings is 1. The summed E-state index contributed by atoms with van der Waals surface area (Å²) >= 11 is 3.11. The van der Waals surface area contributed by atoms with Crippen molar-refractivity contribution in [2.45, 2.75) is 6.54 Å². The molecule has 12 heavy (non-hydrogen) atoms. The zero-order valence-electron chi connectivity index (χ0n) is 6.41. The minimum atomic E-state index is 0. The average Bonchev–Trinajstić information content (AvgIpc) is 2.06. The first-order chi connectivity index (χ1) is 5.33. The number of alkyl halides is 1. The molecule has 0 bridgehead atoms. The molecule has 0 N–H and O–H groups in total. The maximum atomic E-state index is 10.9. The Balaban J connectivity index is 0.00000121. The number of aromatic nitrogens is 1. The molecule has 0 aliphatic rings. The fraction of sp³-hybridized carbons (Fsp3) is 0.250. The van der Waals surface area contributed by atoms with Gasteiger partial charge in [-0.2, -0.15) is 4.57 Å². The summed E-state index contributed by atoms with van der Waals surface area (Å²) in [6, 6.07) is 5.73. The molecule has 1 aromatic rings. The SMILES string of the molecule is O=C(CBr)C[n+]1ccccc1.[Br-]. The van der Waals surface area contributed by atoms with Crippen molar-refractivity contribution < 1.29 is 26.3 Å². The zero-order valence-corrected chi connectivity index (χ0v) is 9.58. The third-order valence-electron chi connectivity index (χ3n) is 1.29. The van der Waals surface area contributed by atoms with Gasteiger partial charge in [-0.3, -0.25) is 4.79 Å². The summed E-state index contributed by atoms with van der Waals surface area (Å²) < 4.78 is 1.85. The van der Waals surface area contributed by atoms with Crippen LogP contribution in [0.4, 0.5) is 0 Å². The van der Waals surface area contributed by atoms with E-state index in [1.165, 1.54) is 0 Å². The smallest absolute Gasteiger partial charge is 0.207 e. The van der Waals surface area contributed by atoms with Gasteiger partial charge in [-0.05, 0) is 0 Å². The lowest BCUT2D eigenvalue weighted by molar-refractivity contribution is -0.684. The zero-order chi connectivity index (χ0) is 8.10. The van der Waals surface area contributed by atoms with Crippen molar-refractivity contribution in [3.05, 3.63) is 30.6 Å². The van der Waals surface area contributed by atoms with Gasteiger partial charge in [0.15, 0.2) is 12.4 Å². The number of rotatable bonds is 3. The maximum Gasteiger partial charge on any atom is 0.207 e. The first-order valence-electron chi connectivity index (χ1n) is 3.34. The van der Waals surface area contributed by atoms with E-state index in [2.05, 4.69) is 15.9 Å². The van der Waals surface area contributed by atoms with E-state index in [0.29, 0.717) is 11.9 Å². The molecule has 0 aliphatic carbocycles. The fourth-order valence-electron chi connectivity index (χ4n) is 0.786. The largest absolute Gasteiger partial charge is 1.00 e. The van der Waals surface area contributed by atoms with Gasteiger partial charge in [-0.25, -0.2) is 0 Å². The molecule has 0 unspecified atom stereocenters. The Morgan fingerprint density at radius 3 is 2.33 bits per heavy atom. The number of nitrogens with zero attached hydrogens (tertiary/aromatic N) is 1. The molecule has 0 aliphatic heterocycles. The molecular formula is C8H9Br2NO. The van der Waals surface area contributed by atoms with E-state index in [-0.39, 0.29) is 22.8 Å². The molecular weight excluding hydrogens is 286 g/mol. The highest BCUT2D eigenvalue weighted by Gasteiger charge is 2.04. The van der Waals surface area contributed by atoms with Crippen molar-refractivity contribution in [3.63, 3.8) is 0 Å². The van der Waals surface area contributed by atoms with Crippen molar-refractivity contribution in [1.82, 2.24) is 0 Å².